The number of carbonyl (C=O) groups excluding carboxylic acids is 2. The summed E-state index contributed by atoms with van der Waals surface area (Å²) in [6.07, 6.45) is 1.21. The fraction of sp³-hybridized carbons (Fsp3) is 0.500. The summed E-state index contributed by atoms with van der Waals surface area (Å²) in [5.74, 6) is -1.34. The lowest BCUT2D eigenvalue weighted by molar-refractivity contribution is -0.117. The van der Waals surface area contributed by atoms with Crippen LogP contribution in [0.1, 0.15) is 44.0 Å². The molecule has 1 aromatic rings. The Bertz CT molecular complexity index is 532. The van der Waals surface area contributed by atoms with Gasteiger partial charge in [0.25, 0.3) is 5.91 Å². The number of anilines is 1. The highest BCUT2D eigenvalue weighted by molar-refractivity contribution is 5.95. The van der Waals surface area contributed by atoms with Gasteiger partial charge in [-0.1, -0.05) is 13.8 Å². The summed E-state index contributed by atoms with van der Waals surface area (Å²) in [5.41, 5.74) is 5.09. The van der Waals surface area contributed by atoms with Crippen LogP contribution in [0.4, 0.5) is 10.1 Å². The Labute approximate surface area is 130 Å². The van der Waals surface area contributed by atoms with Crippen LogP contribution in [0.3, 0.4) is 0 Å². The first kappa shape index (κ1) is 18.1. The third kappa shape index (κ3) is 6.22. The molecule has 3 N–H and O–H groups in total. The minimum absolute atomic E-state index is 0.0973. The molecule has 0 aliphatic rings. The Morgan fingerprint density at radius 2 is 2.00 bits per heavy atom. The van der Waals surface area contributed by atoms with Crippen molar-refractivity contribution >= 4 is 17.5 Å². The molecule has 5 nitrogen and oxygen atoms in total. The number of halogens is 1. The molecule has 0 radical (unpaired) electrons. The van der Waals surface area contributed by atoms with Crippen molar-refractivity contribution < 1.29 is 18.7 Å². The Kier molecular flexibility index (Phi) is 6.98. The van der Waals surface area contributed by atoms with E-state index < -0.39 is 11.7 Å². The second-order valence-electron chi connectivity index (χ2n) is 5.67. The topological polar surface area (TPSA) is 81.4 Å². The predicted molar refractivity (Wildman–Crippen MR) is 83.0 cm³/mol. The SMILES string of the molecule is CC(C)C[C@@H](C)OCCC(=O)Nc1ccc(C(N)=O)c(F)c1. The molecule has 0 saturated carbocycles. The zero-order valence-electron chi connectivity index (χ0n) is 13.2. The molecule has 0 aromatic heterocycles. The lowest BCUT2D eigenvalue weighted by Gasteiger charge is -2.15. The molecule has 0 unspecified atom stereocenters. The fourth-order valence-electron chi connectivity index (χ4n) is 2.10. The quantitative estimate of drug-likeness (QED) is 0.774. The molecule has 1 rings (SSSR count). The Morgan fingerprint density at radius 3 is 2.55 bits per heavy atom. The van der Waals surface area contributed by atoms with Crippen LogP contribution in [0, 0.1) is 11.7 Å². The molecular formula is C16H23FN2O3. The maximum absolute atomic E-state index is 13.6. The van der Waals surface area contributed by atoms with Crippen molar-refractivity contribution in [2.45, 2.75) is 39.7 Å². The summed E-state index contributed by atoms with van der Waals surface area (Å²) in [6.45, 7) is 6.49. The van der Waals surface area contributed by atoms with Crippen molar-refractivity contribution in [2.24, 2.45) is 11.7 Å². The molecule has 0 aliphatic carbocycles. The van der Waals surface area contributed by atoms with E-state index in [1.54, 1.807) is 0 Å². The van der Waals surface area contributed by atoms with Gasteiger partial charge in [0, 0.05) is 5.69 Å². The number of benzene rings is 1. The van der Waals surface area contributed by atoms with Crippen LogP contribution in [0.25, 0.3) is 0 Å². The van der Waals surface area contributed by atoms with Crippen molar-refractivity contribution in [2.75, 3.05) is 11.9 Å². The summed E-state index contributed by atoms with van der Waals surface area (Å²) >= 11 is 0. The molecule has 22 heavy (non-hydrogen) atoms. The molecule has 0 aliphatic heterocycles. The van der Waals surface area contributed by atoms with E-state index in [1.807, 2.05) is 6.92 Å². The van der Waals surface area contributed by atoms with Crippen molar-refractivity contribution in [3.63, 3.8) is 0 Å². The molecule has 0 fully saturated rings. The van der Waals surface area contributed by atoms with E-state index in [9.17, 15) is 14.0 Å². The van der Waals surface area contributed by atoms with Gasteiger partial charge in [-0.2, -0.15) is 0 Å². The summed E-state index contributed by atoms with van der Waals surface area (Å²) in [4.78, 5) is 22.7. The lowest BCUT2D eigenvalue weighted by atomic mass is 10.1. The van der Waals surface area contributed by atoms with Crippen LogP contribution in [-0.4, -0.2) is 24.5 Å². The summed E-state index contributed by atoms with van der Waals surface area (Å²) in [7, 11) is 0. The van der Waals surface area contributed by atoms with Crippen LogP contribution < -0.4 is 11.1 Å². The molecule has 1 atom stereocenters. The third-order valence-corrected chi connectivity index (χ3v) is 3.05. The van der Waals surface area contributed by atoms with E-state index >= 15 is 0 Å². The number of ether oxygens (including phenoxy) is 1. The van der Waals surface area contributed by atoms with Crippen LogP contribution in [0.15, 0.2) is 18.2 Å². The lowest BCUT2D eigenvalue weighted by Crippen LogP contribution is -2.18. The largest absolute Gasteiger partial charge is 0.378 e. The fourth-order valence-corrected chi connectivity index (χ4v) is 2.10. The van der Waals surface area contributed by atoms with E-state index in [0.717, 1.165) is 12.5 Å². The average molecular weight is 310 g/mol. The first-order valence-corrected chi connectivity index (χ1v) is 7.30. The van der Waals surface area contributed by atoms with Gasteiger partial charge in [-0.05, 0) is 37.5 Å². The molecule has 0 saturated heterocycles. The van der Waals surface area contributed by atoms with Gasteiger partial charge < -0.3 is 15.8 Å². The van der Waals surface area contributed by atoms with E-state index in [2.05, 4.69) is 19.2 Å². The maximum Gasteiger partial charge on any atom is 0.251 e. The maximum atomic E-state index is 13.6. The van der Waals surface area contributed by atoms with Crippen molar-refractivity contribution in [1.82, 2.24) is 0 Å². The monoisotopic (exact) mass is 310 g/mol. The van der Waals surface area contributed by atoms with E-state index in [0.29, 0.717) is 12.5 Å². The van der Waals surface area contributed by atoms with Gasteiger partial charge in [-0.15, -0.1) is 0 Å². The van der Waals surface area contributed by atoms with Crippen LogP contribution in [0.5, 0.6) is 0 Å². The van der Waals surface area contributed by atoms with Crippen LogP contribution in [-0.2, 0) is 9.53 Å². The van der Waals surface area contributed by atoms with Gasteiger partial charge in [-0.25, -0.2) is 4.39 Å². The molecule has 6 heteroatoms. The number of hydrogen-bond donors (Lipinski definition) is 2. The molecule has 122 valence electrons. The number of nitrogens with one attached hydrogen (secondary N) is 1. The Hall–Kier alpha value is -1.95. The highest BCUT2D eigenvalue weighted by atomic mass is 19.1. The number of nitrogens with two attached hydrogens (primary N) is 1. The van der Waals surface area contributed by atoms with Gasteiger partial charge in [0.2, 0.25) is 5.91 Å². The Morgan fingerprint density at radius 1 is 1.32 bits per heavy atom. The van der Waals surface area contributed by atoms with Crippen LogP contribution >= 0.6 is 0 Å². The summed E-state index contributed by atoms with van der Waals surface area (Å²) in [6, 6.07) is 3.75. The highest BCUT2D eigenvalue weighted by Gasteiger charge is 2.11. The number of hydrogen-bond acceptors (Lipinski definition) is 3. The smallest absolute Gasteiger partial charge is 0.251 e. The second-order valence-corrected chi connectivity index (χ2v) is 5.67. The first-order chi connectivity index (χ1) is 10.3. The highest BCUT2D eigenvalue weighted by Crippen LogP contribution is 2.14. The number of rotatable bonds is 8. The standard InChI is InChI=1S/C16H23FN2O3/c1-10(2)8-11(3)22-7-6-15(20)19-12-4-5-13(16(18)21)14(17)9-12/h4-5,9-11H,6-8H2,1-3H3,(H2,18,21)(H,19,20)/t11-/m1/s1. The van der Waals surface area contributed by atoms with Gasteiger partial charge in [-0.3, -0.25) is 9.59 Å². The van der Waals surface area contributed by atoms with Crippen LogP contribution in [0.2, 0.25) is 0 Å². The average Bonchev–Trinajstić information content (AvgIpc) is 2.37. The summed E-state index contributed by atoms with van der Waals surface area (Å²) < 4.78 is 19.1. The molecule has 0 heterocycles. The van der Waals surface area contributed by atoms with E-state index in [1.165, 1.54) is 12.1 Å². The van der Waals surface area contributed by atoms with Gasteiger partial charge in [0.05, 0.1) is 24.7 Å². The number of amides is 2. The minimum atomic E-state index is -0.845. The molecule has 0 bridgehead atoms. The van der Waals surface area contributed by atoms with E-state index in [4.69, 9.17) is 10.5 Å². The number of carbonyl (C=O) groups is 2. The van der Waals surface area contributed by atoms with Gasteiger partial charge >= 0.3 is 0 Å². The number of primary amides is 1. The first-order valence-electron chi connectivity index (χ1n) is 7.30. The summed E-state index contributed by atoms with van der Waals surface area (Å²) in [5, 5.41) is 2.55. The van der Waals surface area contributed by atoms with Crippen molar-refractivity contribution in [1.29, 1.82) is 0 Å². The zero-order valence-corrected chi connectivity index (χ0v) is 13.2. The second kappa shape index (κ2) is 8.48. The Balaban J connectivity index is 2.42. The van der Waals surface area contributed by atoms with Crippen molar-refractivity contribution in [3.8, 4) is 0 Å². The molecular weight excluding hydrogens is 287 g/mol. The zero-order chi connectivity index (χ0) is 16.7. The minimum Gasteiger partial charge on any atom is -0.378 e. The van der Waals surface area contributed by atoms with Gasteiger partial charge in [0.1, 0.15) is 5.82 Å². The normalized spacial score (nSPS) is 12.2. The molecule has 1 aromatic carbocycles. The van der Waals surface area contributed by atoms with Crippen molar-refractivity contribution in [3.05, 3.63) is 29.6 Å². The third-order valence-electron chi connectivity index (χ3n) is 3.05. The predicted octanol–water partition coefficient (Wildman–Crippen LogP) is 2.70. The van der Waals surface area contributed by atoms with Gasteiger partial charge in [0.15, 0.2) is 0 Å². The van der Waals surface area contributed by atoms with E-state index in [-0.39, 0.29) is 29.7 Å². The molecule has 2 amide bonds. The molecule has 0 spiro atoms.